The average Bonchev–Trinajstić information content (AvgIpc) is 2.43. The van der Waals surface area contributed by atoms with Crippen LogP contribution in [-0.2, 0) is 0 Å². The van der Waals surface area contributed by atoms with Crippen LogP contribution in [0.5, 0.6) is 5.75 Å². The molecule has 0 aromatic heterocycles. The highest BCUT2D eigenvalue weighted by Gasteiger charge is 2.06. The zero-order chi connectivity index (χ0) is 13.8. The molecule has 5 heteroatoms. The smallest absolute Gasteiger partial charge is 0.121 e. The fourth-order valence-electron chi connectivity index (χ4n) is 1.61. The van der Waals surface area contributed by atoms with Gasteiger partial charge in [0.25, 0.3) is 0 Å². The molecular weight excluding hydrogens is 262 g/mol. The van der Waals surface area contributed by atoms with Crippen molar-refractivity contribution in [3.05, 3.63) is 47.0 Å². The van der Waals surface area contributed by atoms with Gasteiger partial charge in [-0.05, 0) is 30.3 Å². The van der Waals surface area contributed by atoms with Crippen LogP contribution in [0, 0.1) is 11.3 Å². The first kappa shape index (κ1) is 13.1. The number of nitrogens with zero attached hydrogens (tertiary/aromatic N) is 1. The molecule has 0 aliphatic heterocycles. The number of nitriles is 1. The number of nitrogens with two attached hydrogens (primary N) is 1. The summed E-state index contributed by atoms with van der Waals surface area (Å²) in [6.45, 7) is 0. The van der Waals surface area contributed by atoms with Crippen LogP contribution in [0.25, 0.3) is 0 Å². The summed E-state index contributed by atoms with van der Waals surface area (Å²) < 4.78 is 5.14. The highest BCUT2D eigenvalue weighted by Crippen LogP contribution is 2.31. The van der Waals surface area contributed by atoms with Gasteiger partial charge in [-0.2, -0.15) is 5.26 Å². The number of rotatable bonds is 3. The average molecular weight is 274 g/mol. The largest absolute Gasteiger partial charge is 0.497 e. The lowest BCUT2D eigenvalue weighted by molar-refractivity contribution is 0.415. The van der Waals surface area contributed by atoms with Gasteiger partial charge >= 0.3 is 0 Å². The standard InChI is InChI=1S/C14H12ClN3O/c1-19-10-3-5-12(17)14(7-10)18-13-6-9(8-16)2-4-11(13)15/h2-7,18H,17H2,1H3. The van der Waals surface area contributed by atoms with Crippen molar-refractivity contribution in [2.75, 3.05) is 18.2 Å². The number of methoxy groups -OCH3 is 1. The van der Waals surface area contributed by atoms with Gasteiger partial charge < -0.3 is 15.8 Å². The molecule has 4 nitrogen and oxygen atoms in total. The summed E-state index contributed by atoms with van der Waals surface area (Å²) >= 11 is 6.09. The van der Waals surface area contributed by atoms with Gasteiger partial charge in [-0.25, -0.2) is 0 Å². The van der Waals surface area contributed by atoms with Gasteiger partial charge in [0.1, 0.15) is 5.75 Å². The van der Waals surface area contributed by atoms with Crippen LogP contribution in [0.2, 0.25) is 5.02 Å². The first-order chi connectivity index (χ1) is 9.13. The summed E-state index contributed by atoms with van der Waals surface area (Å²) in [5, 5.41) is 12.5. The maximum absolute atomic E-state index is 8.89. The predicted molar refractivity (Wildman–Crippen MR) is 76.9 cm³/mol. The number of nitrogen functional groups attached to an aromatic ring is 1. The van der Waals surface area contributed by atoms with Crippen molar-refractivity contribution in [2.24, 2.45) is 0 Å². The molecule has 0 fully saturated rings. The zero-order valence-electron chi connectivity index (χ0n) is 10.3. The van der Waals surface area contributed by atoms with Crippen molar-refractivity contribution < 1.29 is 4.74 Å². The second-order valence-corrected chi connectivity index (χ2v) is 4.29. The molecule has 0 bridgehead atoms. The Bertz CT molecular complexity index is 650. The summed E-state index contributed by atoms with van der Waals surface area (Å²) in [7, 11) is 1.58. The number of anilines is 3. The molecule has 96 valence electrons. The third-order valence-electron chi connectivity index (χ3n) is 2.63. The van der Waals surface area contributed by atoms with E-state index >= 15 is 0 Å². The van der Waals surface area contributed by atoms with E-state index in [0.29, 0.717) is 33.4 Å². The maximum atomic E-state index is 8.89. The fourth-order valence-corrected chi connectivity index (χ4v) is 1.77. The third-order valence-corrected chi connectivity index (χ3v) is 2.95. The lowest BCUT2D eigenvalue weighted by Gasteiger charge is -2.12. The Kier molecular flexibility index (Phi) is 3.79. The second-order valence-electron chi connectivity index (χ2n) is 3.88. The molecule has 0 atom stereocenters. The van der Waals surface area contributed by atoms with Gasteiger partial charge in [0.2, 0.25) is 0 Å². The summed E-state index contributed by atoms with van der Waals surface area (Å²) in [4.78, 5) is 0. The number of benzene rings is 2. The Hall–Kier alpha value is -2.38. The molecule has 3 N–H and O–H groups in total. The number of hydrogen-bond donors (Lipinski definition) is 2. The van der Waals surface area contributed by atoms with E-state index in [0.717, 1.165) is 0 Å². The topological polar surface area (TPSA) is 71.1 Å². The minimum atomic E-state index is 0.515. The Morgan fingerprint density at radius 1 is 1.21 bits per heavy atom. The molecule has 0 spiro atoms. The highest BCUT2D eigenvalue weighted by molar-refractivity contribution is 6.33. The van der Waals surface area contributed by atoms with Crippen LogP contribution >= 0.6 is 11.6 Å². The third kappa shape index (κ3) is 2.90. The van der Waals surface area contributed by atoms with E-state index in [-0.39, 0.29) is 0 Å². The lowest BCUT2D eigenvalue weighted by atomic mass is 10.2. The van der Waals surface area contributed by atoms with E-state index in [9.17, 15) is 0 Å². The molecule has 0 heterocycles. The summed E-state index contributed by atoms with van der Waals surface area (Å²) in [5.41, 5.74) is 8.28. The molecule has 0 aliphatic rings. The molecule has 2 rings (SSSR count). The zero-order valence-corrected chi connectivity index (χ0v) is 11.0. The van der Waals surface area contributed by atoms with Gasteiger partial charge in [-0.15, -0.1) is 0 Å². The van der Waals surface area contributed by atoms with Crippen LogP contribution in [0.1, 0.15) is 5.56 Å². The second kappa shape index (κ2) is 5.51. The number of nitrogens with one attached hydrogen (secondary N) is 1. The highest BCUT2D eigenvalue weighted by atomic mass is 35.5. The molecule has 0 saturated carbocycles. The Morgan fingerprint density at radius 3 is 2.68 bits per heavy atom. The summed E-state index contributed by atoms with van der Waals surface area (Å²) in [5.74, 6) is 0.685. The lowest BCUT2D eigenvalue weighted by Crippen LogP contribution is -1.98. The molecular formula is C14H12ClN3O. The van der Waals surface area contributed by atoms with Crippen molar-refractivity contribution in [3.8, 4) is 11.8 Å². The summed E-state index contributed by atoms with van der Waals surface area (Å²) in [6.07, 6.45) is 0. The van der Waals surface area contributed by atoms with E-state index in [2.05, 4.69) is 11.4 Å². The van der Waals surface area contributed by atoms with Gasteiger partial charge in [-0.3, -0.25) is 0 Å². The predicted octanol–water partition coefficient (Wildman–Crippen LogP) is 3.55. The van der Waals surface area contributed by atoms with Gasteiger partial charge in [0.05, 0.1) is 40.8 Å². The molecule has 0 saturated heterocycles. The van der Waals surface area contributed by atoms with Crippen molar-refractivity contribution >= 4 is 28.7 Å². The normalized spacial score (nSPS) is 9.74. The van der Waals surface area contributed by atoms with E-state index in [1.807, 2.05) is 0 Å². The van der Waals surface area contributed by atoms with Crippen LogP contribution in [0.4, 0.5) is 17.1 Å². The van der Waals surface area contributed by atoms with Gasteiger partial charge in [-0.1, -0.05) is 11.6 Å². The monoisotopic (exact) mass is 273 g/mol. The summed E-state index contributed by atoms with van der Waals surface area (Å²) in [6, 6.07) is 12.3. The van der Waals surface area contributed by atoms with Gasteiger partial charge in [0, 0.05) is 6.07 Å². The molecule has 19 heavy (non-hydrogen) atoms. The number of ether oxygens (including phenoxy) is 1. The minimum Gasteiger partial charge on any atom is -0.497 e. The molecule has 0 amide bonds. The first-order valence-electron chi connectivity index (χ1n) is 5.54. The van der Waals surface area contributed by atoms with E-state index in [1.165, 1.54) is 0 Å². The van der Waals surface area contributed by atoms with E-state index < -0.39 is 0 Å². The molecule has 0 aliphatic carbocycles. The molecule has 0 unspecified atom stereocenters. The molecule has 2 aromatic carbocycles. The first-order valence-corrected chi connectivity index (χ1v) is 5.92. The van der Waals surface area contributed by atoms with Crippen LogP contribution in [0.15, 0.2) is 36.4 Å². The number of hydrogen-bond acceptors (Lipinski definition) is 4. The minimum absolute atomic E-state index is 0.515. The SMILES string of the molecule is COc1ccc(N)c(Nc2cc(C#N)ccc2Cl)c1. The van der Waals surface area contributed by atoms with Crippen LogP contribution < -0.4 is 15.8 Å². The van der Waals surface area contributed by atoms with E-state index in [1.54, 1.807) is 43.5 Å². The maximum Gasteiger partial charge on any atom is 0.121 e. The van der Waals surface area contributed by atoms with Crippen LogP contribution in [-0.4, -0.2) is 7.11 Å². The van der Waals surface area contributed by atoms with Crippen molar-refractivity contribution in [1.82, 2.24) is 0 Å². The van der Waals surface area contributed by atoms with Crippen molar-refractivity contribution in [1.29, 1.82) is 5.26 Å². The van der Waals surface area contributed by atoms with Gasteiger partial charge in [0.15, 0.2) is 0 Å². The Labute approximate surface area is 116 Å². The Balaban J connectivity index is 2.38. The quantitative estimate of drug-likeness (QED) is 0.839. The van der Waals surface area contributed by atoms with Crippen LogP contribution in [0.3, 0.4) is 0 Å². The Morgan fingerprint density at radius 2 is 2.00 bits per heavy atom. The molecule has 2 aromatic rings. The molecule has 0 radical (unpaired) electrons. The van der Waals surface area contributed by atoms with E-state index in [4.69, 9.17) is 27.3 Å². The fraction of sp³-hybridized carbons (Fsp3) is 0.0714. The van der Waals surface area contributed by atoms with Crippen molar-refractivity contribution in [3.63, 3.8) is 0 Å². The van der Waals surface area contributed by atoms with Crippen molar-refractivity contribution in [2.45, 2.75) is 0 Å². The number of halogens is 1.